The van der Waals surface area contributed by atoms with Gasteiger partial charge in [0, 0.05) is 18.9 Å². The van der Waals surface area contributed by atoms with Crippen molar-refractivity contribution >= 4 is 12.0 Å². The van der Waals surface area contributed by atoms with Crippen LogP contribution in [0.2, 0.25) is 0 Å². The molecule has 0 fully saturated rings. The van der Waals surface area contributed by atoms with Gasteiger partial charge < -0.3 is 20.3 Å². The maximum absolute atomic E-state index is 12.1. The summed E-state index contributed by atoms with van der Waals surface area (Å²) >= 11 is 0. The van der Waals surface area contributed by atoms with E-state index in [9.17, 15) is 9.59 Å². The molecule has 106 valence electrons. The number of hydrogen-bond acceptors (Lipinski definition) is 3. The first kappa shape index (κ1) is 15.0. The fraction of sp³-hybridized carbons (Fsp3) is 0.583. The van der Waals surface area contributed by atoms with Crippen LogP contribution in [0.15, 0.2) is 12.4 Å². The highest BCUT2D eigenvalue weighted by Gasteiger charge is 2.37. The number of urea groups is 1. The van der Waals surface area contributed by atoms with E-state index in [4.69, 9.17) is 5.11 Å². The van der Waals surface area contributed by atoms with Gasteiger partial charge in [-0.15, -0.1) is 0 Å². The zero-order chi connectivity index (χ0) is 14.6. The second kappa shape index (κ2) is 5.73. The Kier molecular flexibility index (Phi) is 4.52. The third kappa shape index (κ3) is 3.24. The maximum Gasteiger partial charge on any atom is 0.329 e. The summed E-state index contributed by atoms with van der Waals surface area (Å²) in [6, 6.07) is -0.750. The third-order valence-corrected chi connectivity index (χ3v) is 3.03. The lowest BCUT2D eigenvalue weighted by Gasteiger charge is -2.34. The van der Waals surface area contributed by atoms with Crippen molar-refractivity contribution in [3.63, 3.8) is 0 Å². The van der Waals surface area contributed by atoms with Crippen molar-refractivity contribution in [2.24, 2.45) is 0 Å². The van der Waals surface area contributed by atoms with Crippen LogP contribution < -0.4 is 5.32 Å². The second-order valence-electron chi connectivity index (χ2n) is 4.75. The van der Waals surface area contributed by atoms with Crippen molar-refractivity contribution in [1.29, 1.82) is 0 Å². The lowest BCUT2D eigenvalue weighted by Crippen LogP contribution is -2.56. The zero-order valence-corrected chi connectivity index (χ0v) is 11.6. The lowest BCUT2D eigenvalue weighted by molar-refractivity contribution is -0.147. The molecule has 3 N–H and O–H groups in total. The minimum atomic E-state index is -1.26. The molecule has 0 aliphatic carbocycles. The van der Waals surface area contributed by atoms with Gasteiger partial charge in [-0.1, -0.05) is 0 Å². The molecule has 1 aromatic rings. The number of aromatic nitrogens is 2. The van der Waals surface area contributed by atoms with E-state index in [1.165, 1.54) is 18.7 Å². The average Bonchev–Trinajstić information content (AvgIpc) is 2.82. The molecule has 0 aliphatic rings. The predicted octanol–water partition coefficient (Wildman–Crippen LogP) is 1.37. The molecule has 1 rings (SSSR count). The van der Waals surface area contributed by atoms with E-state index in [-0.39, 0.29) is 6.04 Å². The van der Waals surface area contributed by atoms with Crippen LogP contribution in [-0.4, -0.2) is 44.1 Å². The summed E-state index contributed by atoms with van der Waals surface area (Å²) in [4.78, 5) is 31.6. The van der Waals surface area contributed by atoms with Crippen LogP contribution in [-0.2, 0) is 4.79 Å². The van der Waals surface area contributed by atoms with Crippen molar-refractivity contribution < 1.29 is 14.7 Å². The highest BCUT2D eigenvalue weighted by molar-refractivity contribution is 5.85. The van der Waals surface area contributed by atoms with Gasteiger partial charge in [-0.3, -0.25) is 0 Å². The number of nitrogens with zero attached hydrogens (tertiary/aromatic N) is 2. The third-order valence-electron chi connectivity index (χ3n) is 3.03. The molecule has 0 aromatic carbocycles. The number of rotatable bonds is 5. The highest BCUT2D eigenvalue weighted by Crippen LogP contribution is 2.16. The van der Waals surface area contributed by atoms with Gasteiger partial charge in [0.25, 0.3) is 0 Å². The maximum atomic E-state index is 12.1. The summed E-state index contributed by atoms with van der Waals surface area (Å²) in [5, 5.41) is 11.9. The Labute approximate surface area is 112 Å². The van der Waals surface area contributed by atoms with E-state index in [1.54, 1.807) is 26.2 Å². The van der Waals surface area contributed by atoms with Crippen molar-refractivity contribution in [3.05, 3.63) is 18.2 Å². The number of carbonyl (C=O) groups is 2. The number of hydrogen-bond donors (Lipinski definition) is 3. The summed E-state index contributed by atoms with van der Waals surface area (Å²) in [7, 11) is 0. The minimum absolute atomic E-state index is 0.302. The van der Waals surface area contributed by atoms with Crippen LogP contribution in [0.1, 0.15) is 39.6 Å². The van der Waals surface area contributed by atoms with Gasteiger partial charge in [0.1, 0.15) is 11.4 Å². The molecule has 7 heteroatoms. The summed E-state index contributed by atoms with van der Waals surface area (Å²) in [5.41, 5.74) is -1.26. The number of carbonyl (C=O) groups excluding carboxylic acids is 1. The molecule has 0 bridgehead atoms. The van der Waals surface area contributed by atoms with Crippen LogP contribution in [0.25, 0.3) is 0 Å². The van der Waals surface area contributed by atoms with Gasteiger partial charge in [0.15, 0.2) is 0 Å². The topological polar surface area (TPSA) is 98.3 Å². The summed E-state index contributed by atoms with van der Waals surface area (Å²) in [6.07, 6.45) is 3.26. The van der Waals surface area contributed by atoms with Crippen molar-refractivity contribution in [3.8, 4) is 0 Å². The largest absolute Gasteiger partial charge is 0.480 e. The average molecular weight is 268 g/mol. The Bertz CT molecular complexity index is 442. The number of aliphatic carboxylic acids is 1. The minimum Gasteiger partial charge on any atom is -0.480 e. The standard InChI is InChI=1S/C12H20N4O3/c1-5-16(12(3,4)10(17)18)11(19)15-8(2)9-13-6-7-14-9/h6-8H,5H2,1-4H3,(H,13,14)(H,15,19)(H,17,18). The van der Waals surface area contributed by atoms with Crippen LogP contribution in [0.3, 0.4) is 0 Å². The quantitative estimate of drug-likeness (QED) is 0.751. The van der Waals surface area contributed by atoms with E-state index < -0.39 is 17.5 Å². The number of likely N-dealkylation sites (N-methyl/N-ethyl adjacent to an activating group) is 1. The number of H-pyrrole nitrogens is 1. The van der Waals surface area contributed by atoms with E-state index >= 15 is 0 Å². The Morgan fingerprint density at radius 2 is 2.21 bits per heavy atom. The molecule has 1 atom stereocenters. The van der Waals surface area contributed by atoms with Gasteiger partial charge in [-0.25, -0.2) is 14.6 Å². The van der Waals surface area contributed by atoms with Gasteiger partial charge >= 0.3 is 12.0 Å². The molecule has 1 unspecified atom stereocenters. The summed E-state index contributed by atoms with van der Waals surface area (Å²) in [6.45, 7) is 6.81. The van der Waals surface area contributed by atoms with Crippen molar-refractivity contribution in [2.75, 3.05) is 6.54 Å². The fourth-order valence-electron chi connectivity index (χ4n) is 1.75. The van der Waals surface area contributed by atoms with E-state index in [0.717, 1.165) is 0 Å². The lowest BCUT2D eigenvalue weighted by atomic mass is 10.0. The predicted molar refractivity (Wildman–Crippen MR) is 69.6 cm³/mol. The SMILES string of the molecule is CCN(C(=O)NC(C)c1ncc[nH]1)C(C)(C)C(=O)O. The molecule has 2 amide bonds. The number of imidazole rings is 1. The normalized spacial score (nSPS) is 12.8. The molecular weight excluding hydrogens is 248 g/mol. The molecule has 0 radical (unpaired) electrons. The number of carboxylic acids is 1. The number of aromatic amines is 1. The molecule has 0 spiro atoms. The van der Waals surface area contributed by atoms with Crippen molar-refractivity contribution in [1.82, 2.24) is 20.2 Å². The first-order chi connectivity index (χ1) is 8.80. The number of amides is 2. The molecule has 0 saturated heterocycles. The van der Waals surface area contributed by atoms with Gasteiger partial charge in [-0.2, -0.15) is 0 Å². The van der Waals surface area contributed by atoms with E-state index in [1.807, 2.05) is 0 Å². The zero-order valence-electron chi connectivity index (χ0n) is 11.6. The van der Waals surface area contributed by atoms with Gasteiger partial charge in [0.05, 0.1) is 6.04 Å². The summed E-state index contributed by atoms with van der Waals surface area (Å²) in [5.74, 6) is -0.423. The Hall–Kier alpha value is -2.05. The van der Waals surface area contributed by atoms with Crippen LogP contribution >= 0.6 is 0 Å². The molecule has 0 aliphatic heterocycles. The molecular formula is C12H20N4O3. The summed E-state index contributed by atoms with van der Waals surface area (Å²) < 4.78 is 0. The number of carboxylic acid groups (broad SMARTS) is 1. The molecule has 0 saturated carbocycles. The Morgan fingerprint density at radius 3 is 2.63 bits per heavy atom. The number of nitrogens with one attached hydrogen (secondary N) is 2. The van der Waals surface area contributed by atoms with Crippen molar-refractivity contribution in [2.45, 2.75) is 39.3 Å². The van der Waals surface area contributed by atoms with Crippen LogP contribution in [0.4, 0.5) is 4.79 Å². The second-order valence-corrected chi connectivity index (χ2v) is 4.75. The van der Waals surface area contributed by atoms with Gasteiger partial charge in [0.2, 0.25) is 0 Å². The molecule has 19 heavy (non-hydrogen) atoms. The highest BCUT2D eigenvalue weighted by atomic mass is 16.4. The monoisotopic (exact) mass is 268 g/mol. The molecule has 1 aromatic heterocycles. The van der Waals surface area contributed by atoms with Crippen LogP contribution in [0, 0.1) is 0 Å². The molecule has 1 heterocycles. The first-order valence-corrected chi connectivity index (χ1v) is 6.11. The van der Waals surface area contributed by atoms with E-state index in [2.05, 4.69) is 15.3 Å². The Balaban J connectivity index is 2.78. The van der Waals surface area contributed by atoms with E-state index in [0.29, 0.717) is 12.4 Å². The fourth-order valence-corrected chi connectivity index (χ4v) is 1.75. The smallest absolute Gasteiger partial charge is 0.329 e. The Morgan fingerprint density at radius 1 is 1.58 bits per heavy atom. The van der Waals surface area contributed by atoms with Gasteiger partial charge in [-0.05, 0) is 27.7 Å². The first-order valence-electron chi connectivity index (χ1n) is 6.11. The molecule has 7 nitrogen and oxygen atoms in total. The van der Waals surface area contributed by atoms with Crippen LogP contribution in [0.5, 0.6) is 0 Å².